The Kier molecular flexibility index (Phi) is 4.95. The zero-order valence-electron chi connectivity index (χ0n) is 13.8. The summed E-state index contributed by atoms with van der Waals surface area (Å²) in [7, 11) is 0. The normalized spacial score (nSPS) is 10.6. The number of aromatic nitrogens is 1. The Balaban J connectivity index is 2.13. The first-order valence-electron chi connectivity index (χ1n) is 7.39. The van der Waals surface area contributed by atoms with E-state index in [2.05, 4.69) is 15.6 Å². The van der Waals surface area contributed by atoms with E-state index in [-0.39, 0.29) is 22.8 Å². The van der Waals surface area contributed by atoms with Crippen molar-refractivity contribution in [2.75, 3.05) is 5.32 Å². The van der Waals surface area contributed by atoms with Gasteiger partial charge in [0, 0.05) is 11.2 Å². The van der Waals surface area contributed by atoms with Crippen molar-refractivity contribution in [3.05, 3.63) is 59.4 Å². The number of benzene rings is 1. The second-order valence-electron chi connectivity index (χ2n) is 6.26. The summed E-state index contributed by atoms with van der Waals surface area (Å²) in [5, 5.41) is 14.2. The fraction of sp³-hybridized carbons (Fsp3) is 0.222. The van der Waals surface area contributed by atoms with E-state index < -0.39 is 5.91 Å². The van der Waals surface area contributed by atoms with E-state index in [1.165, 1.54) is 6.07 Å². The first-order valence-corrected chi connectivity index (χ1v) is 7.39. The van der Waals surface area contributed by atoms with Gasteiger partial charge in [0.1, 0.15) is 11.4 Å². The lowest BCUT2D eigenvalue weighted by atomic mass is 10.1. The van der Waals surface area contributed by atoms with Gasteiger partial charge in [-0.2, -0.15) is 5.26 Å². The van der Waals surface area contributed by atoms with E-state index in [0.717, 1.165) is 0 Å². The molecule has 0 fully saturated rings. The van der Waals surface area contributed by atoms with Crippen molar-refractivity contribution in [3.63, 3.8) is 0 Å². The molecule has 122 valence electrons. The Morgan fingerprint density at radius 1 is 1.00 bits per heavy atom. The zero-order chi connectivity index (χ0) is 17.7. The molecule has 2 amide bonds. The fourth-order valence-corrected chi connectivity index (χ4v) is 1.92. The Labute approximate surface area is 140 Å². The van der Waals surface area contributed by atoms with Crippen LogP contribution in [0.1, 0.15) is 47.3 Å². The van der Waals surface area contributed by atoms with Crippen molar-refractivity contribution >= 4 is 17.5 Å². The van der Waals surface area contributed by atoms with E-state index in [4.69, 9.17) is 5.26 Å². The number of hydrogen-bond donors (Lipinski definition) is 2. The molecular weight excluding hydrogens is 304 g/mol. The molecule has 1 heterocycles. The monoisotopic (exact) mass is 322 g/mol. The van der Waals surface area contributed by atoms with E-state index in [1.54, 1.807) is 36.4 Å². The fourth-order valence-electron chi connectivity index (χ4n) is 1.92. The van der Waals surface area contributed by atoms with E-state index in [0.29, 0.717) is 11.3 Å². The summed E-state index contributed by atoms with van der Waals surface area (Å²) in [4.78, 5) is 28.5. The number of nitrogens with zero attached hydrogens (tertiary/aromatic N) is 2. The molecule has 0 bridgehead atoms. The van der Waals surface area contributed by atoms with Crippen LogP contribution in [0.25, 0.3) is 0 Å². The molecule has 6 nitrogen and oxygen atoms in total. The van der Waals surface area contributed by atoms with Gasteiger partial charge in [-0.05, 0) is 57.2 Å². The summed E-state index contributed by atoms with van der Waals surface area (Å²) in [5.74, 6) is -0.763. The molecule has 1 aromatic heterocycles. The van der Waals surface area contributed by atoms with Crippen LogP contribution in [0.5, 0.6) is 0 Å². The maximum absolute atomic E-state index is 12.3. The maximum atomic E-state index is 12.3. The SMILES string of the molecule is CC(C)(C)NC(=O)c1cccc(C(=O)Nc2ccc(C#N)cc2)n1. The Morgan fingerprint density at radius 3 is 2.12 bits per heavy atom. The van der Waals surface area contributed by atoms with Gasteiger partial charge in [-0.1, -0.05) is 6.07 Å². The van der Waals surface area contributed by atoms with Gasteiger partial charge in [0.15, 0.2) is 0 Å². The summed E-state index contributed by atoms with van der Waals surface area (Å²) in [6.07, 6.45) is 0. The highest BCUT2D eigenvalue weighted by atomic mass is 16.2. The highest BCUT2D eigenvalue weighted by Crippen LogP contribution is 2.11. The number of nitriles is 1. The van der Waals surface area contributed by atoms with Gasteiger partial charge in [0.05, 0.1) is 11.6 Å². The quantitative estimate of drug-likeness (QED) is 0.908. The third kappa shape index (κ3) is 4.65. The van der Waals surface area contributed by atoms with Crippen molar-refractivity contribution in [1.29, 1.82) is 5.26 Å². The van der Waals surface area contributed by atoms with Crippen LogP contribution in [0.15, 0.2) is 42.5 Å². The molecule has 2 aromatic rings. The average Bonchev–Trinajstić information content (AvgIpc) is 2.54. The summed E-state index contributed by atoms with van der Waals surface area (Å²) >= 11 is 0. The van der Waals surface area contributed by atoms with Crippen LogP contribution in [-0.2, 0) is 0 Å². The molecule has 0 atom stereocenters. The maximum Gasteiger partial charge on any atom is 0.274 e. The van der Waals surface area contributed by atoms with Gasteiger partial charge in [0.25, 0.3) is 11.8 Å². The third-order valence-corrected chi connectivity index (χ3v) is 2.97. The first kappa shape index (κ1) is 17.2. The van der Waals surface area contributed by atoms with Gasteiger partial charge in [-0.3, -0.25) is 9.59 Å². The van der Waals surface area contributed by atoms with Gasteiger partial charge in [-0.25, -0.2) is 4.98 Å². The molecule has 0 saturated heterocycles. The predicted octanol–water partition coefficient (Wildman–Crippen LogP) is 2.73. The molecule has 0 aliphatic heterocycles. The summed E-state index contributed by atoms with van der Waals surface area (Å²) in [5.41, 5.74) is 0.982. The van der Waals surface area contributed by atoms with Gasteiger partial charge in [0.2, 0.25) is 0 Å². The average molecular weight is 322 g/mol. The molecule has 1 aromatic carbocycles. The number of hydrogen-bond acceptors (Lipinski definition) is 4. The van der Waals surface area contributed by atoms with Crippen molar-refractivity contribution in [1.82, 2.24) is 10.3 Å². The summed E-state index contributed by atoms with van der Waals surface area (Å²) in [6, 6.07) is 13.2. The molecule has 2 rings (SSSR count). The molecular formula is C18H18N4O2. The zero-order valence-corrected chi connectivity index (χ0v) is 13.8. The second kappa shape index (κ2) is 6.92. The standard InChI is InChI=1S/C18H18N4O2/c1-18(2,3)22-17(24)15-6-4-5-14(21-15)16(23)20-13-9-7-12(11-19)8-10-13/h4-10H,1-3H3,(H,20,23)(H,22,24). The van der Waals surface area contributed by atoms with Crippen LogP contribution in [0.3, 0.4) is 0 Å². The number of anilines is 1. The van der Waals surface area contributed by atoms with Crippen LogP contribution in [0.4, 0.5) is 5.69 Å². The molecule has 2 N–H and O–H groups in total. The predicted molar refractivity (Wildman–Crippen MR) is 90.6 cm³/mol. The molecule has 0 radical (unpaired) electrons. The lowest BCUT2D eigenvalue weighted by Crippen LogP contribution is -2.41. The topological polar surface area (TPSA) is 94.9 Å². The highest BCUT2D eigenvalue weighted by Gasteiger charge is 2.17. The molecule has 6 heteroatoms. The van der Waals surface area contributed by atoms with E-state index >= 15 is 0 Å². The lowest BCUT2D eigenvalue weighted by molar-refractivity contribution is 0.0914. The minimum atomic E-state index is -0.426. The van der Waals surface area contributed by atoms with Crippen LogP contribution >= 0.6 is 0 Å². The number of amides is 2. The van der Waals surface area contributed by atoms with Crippen molar-refractivity contribution in [2.24, 2.45) is 0 Å². The van der Waals surface area contributed by atoms with Gasteiger partial charge < -0.3 is 10.6 Å². The van der Waals surface area contributed by atoms with E-state index in [1.807, 2.05) is 26.8 Å². The second-order valence-corrected chi connectivity index (χ2v) is 6.26. The number of pyridine rings is 1. The number of nitrogens with one attached hydrogen (secondary N) is 2. The first-order chi connectivity index (χ1) is 11.3. The minimum Gasteiger partial charge on any atom is -0.346 e. The van der Waals surface area contributed by atoms with Gasteiger partial charge in [-0.15, -0.1) is 0 Å². The smallest absolute Gasteiger partial charge is 0.274 e. The van der Waals surface area contributed by atoms with Crippen molar-refractivity contribution in [2.45, 2.75) is 26.3 Å². The highest BCUT2D eigenvalue weighted by molar-refractivity contribution is 6.03. The van der Waals surface area contributed by atoms with Gasteiger partial charge >= 0.3 is 0 Å². The molecule has 0 spiro atoms. The van der Waals surface area contributed by atoms with Crippen molar-refractivity contribution in [3.8, 4) is 6.07 Å². The molecule has 0 saturated carbocycles. The van der Waals surface area contributed by atoms with E-state index in [9.17, 15) is 9.59 Å². The lowest BCUT2D eigenvalue weighted by Gasteiger charge is -2.20. The molecule has 0 unspecified atom stereocenters. The Bertz CT molecular complexity index is 799. The van der Waals surface area contributed by atoms with Crippen LogP contribution in [0.2, 0.25) is 0 Å². The Hall–Kier alpha value is -3.20. The number of rotatable bonds is 3. The molecule has 0 aliphatic rings. The largest absolute Gasteiger partial charge is 0.346 e. The van der Waals surface area contributed by atoms with Crippen LogP contribution in [-0.4, -0.2) is 22.3 Å². The molecule has 24 heavy (non-hydrogen) atoms. The minimum absolute atomic E-state index is 0.140. The van der Waals surface area contributed by atoms with Crippen LogP contribution in [0, 0.1) is 11.3 Å². The number of carbonyl (C=O) groups excluding carboxylic acids is 2. The molecule has 0 aliphatic carbocycles. The number of carbonyl (C=O) groups is 2. The van der Waals surface area contributed by atoms with Crippen LogP contribution < -0.4 is 10.6 Å². The summed E-state index contributed by atoms with van der Waals surface area (Å²) < 4.78 is 0. The Morgan fingerprint density at radius 2 is 1.58 bits per heavy atom. The van der Waals surface area contributed by atoms with Crippen molar-refractivity contribution < 1.29 is 9.59 Å². The summed E-state index contributed by atoms with van der Waals surface area (Å²) in [6.45, 7) is 5.60. The third-order valence-electron chi connectivity index (χ3n) is 2.97.